The van der Waals surface area contributed by atoms with Crippen LogP contribution in [0.4, 0.5) is 0 Å². The Morgan fingerprint density at radius 3 is 2.44 bits per heavy atom. The molecule has 0 amide bonds. The molecule has 0 aliphatic carbocycles. The van der Waals surface area contributed by atoms with E-state index in [0.717, 1.165) is 40.9 Å². The van der Waals surface area contributed by atoms with Crippen LogP contribution < -0.4 is 4.74 Å². The van der Waals surface area contributed by atoms with Crippen molar-refractivity contribution in [3.05, 3.63) is 59.8 Å². The van der Waals surface area contributed by atoms with Crippen LogP contribution in [0.3, 0.4) is 0 Å². The van der Waals surface area contributed by atoms with E-state index < -0.39 is 0 Å². The molecule has 0 aliphatic rings. The Labute approximate surface area is 192 Å². The predicted octanol–water partition coefficient (Wildman–Crippen LogP) is 5.78. The number of aromatic nitrogens is 1. The summed E-state index contributed by atoms with van der Waals surface area (Å²) in [5, 5.41) is 1.05. The topological polar surface area (TPSA) is 43.7 Å². The highest BCUT2D eigenvalue weighted by Crippen LogP contribution is 2.28. The first-order chi connectivity index (χ1) is 14.5. The highest BCUT2D eigenvalue weighted by molar-refractivity contribution is 5.91. The Balaban J connectivity index is 0.00000256. The first-order valence-corrected chi connectivity index (χ1v) is 10.2. The van der Waals surface area contributed by atoms with Crippen LogP contribution >= 0.6 is 0 Å². The van der Waals surface area contributed by atoms with Crippen molar-refractivity contribution in [1.29, 1.82) is 0 Å². The summed E-state index contributed by atoms with van der Waals surface area (Å²) >= 11 is 0. The Kier molecular flexibility index (Phi) is 10.5. The molecule has 172 valence electrons. The Morgan fingerprint density at radius 2 is 1.81 bits per heavy atom. The van der Waals surface area contributed by atoms with E-state index in [-0.39, 0.29) is 20.8 Å². The van der Waals surface area contributed by atoms with Crippen molar-refractivity contribution in [3.63, 3.8) is 0 Å². The predicted molar refractivity (Wildman–Crippen MR) is 134 cm³/mol. The van der Waals surface area contributed by atoms with Gasteiger partial charge in [0.2, 0.25) is 0 Å². The lowest BCUT2D eigenvalue weighted by Crippen LogP contribution is -2.15. The molecule has 0 aliphatic heterocycles. The lowest BCUT2D eigenvalue weighted by atomic mass is 10.1. The summed E-state index contributed by atoms with van der Waals surface area (Å²) in [5.74, 6) is 6.71. The van der Waals surface area contributed by atoms with Crippen molar-refractivity contribution in [2.75, 3.05) is 33.9 Å². The minimum Gasteiger partial charge on any atom is -0.494 e. The van der Waals surface area contributed by atoms with Gasteiger partial charge in [-0.05, 0) is 76.8 Å². The molecule has 3 rings (SSSR count). The fraction of sp³-hybridized carbons (Fsp3) is 0.370. The Bertz CT molecular complexity index is 1070. The molecule has 0 N–H and O–H groups in total. The number of hydrogen-bond acceptors (Lipinski definition) is 4. The highest BCUT2D eigenvalue weighted by Gasteiger charge is 2.12. The van der Waals surface area contributed by atoms with Crippen LogP contribution in [0.5, 0.6) is 5.75 Å². The van der Waals surface area contributed by atoms with Gasteiger partial charge < -0.3 is 18.9 Å². The summed E-state index contributed by atoms with van der Waals surface area (Å²) in [7, 11) is 4.12. The van der Waals surface area contributed by atoms with Crippen molar-refractivity contribution in [2.45, 2.75) is 35.1 Å². The molecular formula is C27H36N2O3. The van der Waals surface area contributed by atoms with E-state index in [9.17, 15) is 4.79 Å². The van der Waals surface area contributed by atoms with Crippen LogP contribution in [0, 0.1) is 11.8 Å². The number of esters is 1. The van der Waals surface area contributed by atoms with Crippen LogP contribution in [0.1, 0.15) is 51.0 Å². The van der Waals surface area contributed by atoms with Crippen molar-refractivity contribution < 1.29 is 14.3 Å². The average Bonchev–Trinajstić information content (AvgIpc) is 3.09. The third kappa shape index (κ3) is 6.38. The van der Waals surface area contributed by atoms with Gasteiger partial charge in [0.25, 0.3) is 0 Å². The zero-order valence-corrected chi connectivity index (χ0v) is 18.1. The van der Waals surface area contributed by atoms with Crippen LogP contribution in [-0.2, 0) is 4.74 Å². The lowest BCUT2D eigenvalue weighted by molar-refractivity contribution is 0.0526. The van der Waals surface area contributed by atoms with E-state index in [0.29, 0.717) is 18.8 Å². The molecule has 2 aromatic carbocycles. The van der Waals surface area contributed by atoms with Gasteiger partial charge >= 0.3 is 5.97 Å². The van der Waals surface area contributed by atoms with Crippen molar-refractivity contribution in [3.8, 4) is 23.3 Å². The van der Waals surface area contributed by atoms with Gasteiger partial charge in [0.05, 0.1) is 29.9 Å². The molecule has 5 nitrogen and oxygen atoms in total. The molecule has 0 fully saturated rings. The van der Waals surface area contributed by atoms with Crippen LogP contribution in [-0.4, -0.2) is 49.3 Å². The lowest BCUT2D eigenvalue weighted by Gasteiger charge is -2.11. The van der Waals surface area contributed by atoms with E-state index >= 15 is 0 Å². The molecule has 0 atom stereocenters. The molecular weight excluding hydrogens is 400 g/mol. The van der Waals surface area contributed by atoms with Gasteiger partial charge in [-0.3, -0.25) is 0 Å². The first kappa shape index (κ1) is 26.8. The first-order valence-electron chi connectivity index (χ1n) is 10.2. The molecule has 32 heavy (non-hydrogen) atoms. The number of ether oxygens (including phenoxy) is 2. The standard InChI is InChI=1S/C25H28N2O3.2CH4/c1-5-8-20-18-27(21-11-9-19(10-12-21)25(28)29-6-2)24-14-13-22(17-23(20)24)30-16-7-15-26(3)4;;/h9-14,17-18H,6-7,15-16H2,1-4H3;2*1H4. The van der Waals surface area contributed by atoms with Gasteiger partial charge in [-0.25, -0.2) is 4.79 Å². The zero-order valence-electron chi connectivity index (χ0n) is 18.1. The van der Waals surface area contributed by atoms with Gasteiger partial charge in [0, 0.05) is 23.8 Å². The normalized spacial score (nSPS) is 10.0. The molecule has 3 aromatic rings. The maximum Gasteiger partial charge on any atom is 0.338 e. The van der Waals surface area contributed by atoms with Crippen LogP contribution in [0.15, 0.2) is 48.7 Å². The number of rotatable bonds is 8. The quantitative estimate of drug-likeness (QED) is 0.255. The average molecular weight is 437 g/mol. The van der Waals surface area contributed by atoms with Gasteiger partial charge in [0.1, 0.15) is 5.75 Å². The maximum atomic E-state index is 11.9. The number of carbonyl (C=O) groups excluding carboxylic acids is 1. The number of hydrogen-bond donors (Lipinski definition) is 0. The molecule has 0 unspecified atom stereocenters. The SMILES string of the molecule is C.C.CC#Cc1cn(-c2ccc(C(=O)OCC)cc2)c2ccc(OCCCN(C)C)cc12. The van der Waals surface area contributed by atoms with Gasteiger partial charge in [-0.1, -0.05) is 20.8 Å². The minimum absolute atomic E-state index is 0. The summed E-state index contributed by atoms with van der Waals surface area (Å²) in [4.78, 5) is 14.1. The molecule has 0 saturated carbocycles. The number of benzene rings is 2. The fourth-order valence-electron chi connectivity index (χ4n) is 3.29. The molecule has 1 heterocycles. The Morgan fingerprint density at radius 1 is 1.09 bits per heavy atom. The molecule has 0 saturated heterocycles. The van der Waals surface area contributed by atoms with E-state index in [1.165, 1.54) is 0 Å². The maximum absolute atomic E-state index is 11.9. The second kappa shape index (κ2) is 12.6. The van der Waals surface area contributed by atoms with E-state index in [4.69, 9.17) is 9.47 Å². The summed E-state index contributed by atoms with van der Waals surface area (Å²) in [6, 6.07) is 13.5. The Hall–Kier alpha value is -3.23. The minimum atomic E-state index is -0.310. The van der Waals surface area contributed by atoms with E-state index in [2.05, 4.69) is 41.5 Å². The number of nitrogens with zero attached hydrogens (tertiary/aromatic N) is 2. The number of carbonyl (C=O) groups is 1. The zero-order chi connectivity index (χ0) is 21.5. The molecule has 0 bridgehead atoms. The van der Waals surface area contributed by atoms with Crippen molar-refractivity contribution in [2.24, 2.45) is 0 Å². The summed E-state index contributed by atoms with van der Waals surface area (Å²) in [6.45, 7) is 5.66. The second-order valence-corrected chi connectivity index (χ2v) is 7.24. The van der Waals surface area contributed by atoms with Crippen LogP contribution in [0.2, 0.25) is 0 Å². The largest absolute Gasteiger partial charge is 0.494 e. The highest BCUT2D eigenvalue weighted by atomic mass is 16.5. The second-order valence-electron chi connectivity index (χ2n) is 7.24. The van der Waals surface area contributed by atoms with Crippen molar-refractivity contribution in [1.82, 2.24) is 9.47 Å². The molecule has 1 aromatic heterocycles. The summed E-state index contributed by atoms with van der Waals surface area (Å²) in [5.41, 5.74) is 3.48. The number of fused-ring (bicyclic) bond motifs is 1. The van der Waals surface area contributed by atoms with E-state index in [1.54, 1.807) is 19.1 Å². The smallest absolute Gasteiger partial charge is 0.338 e. The fourth-order valence-corrected chi connectivity index (χ4v) is 3.29. The molecule has 0 spiro atoms. The summed E-state index contributed by atoms with van der Waals surface area (Å²) < 4.78 is 13.1. The van der Waals surface area contributed by atoms with E-state index in [1.807, 2.05) is 37.4 Å². The summed E-state index contributed by atoms with van der Waals surface area (Å²) in [6.07, 6.45) is 3.00. The van der Waals surface area contributed by atoms with Gasteiger partial charge in [-0.15, -0.1) is 5.92 Å². The third-order valence-corrected chi connectivity index (χ3v) is 4.71. The van der Waals surface area contributed by atoms with Crippen LogP contribution in [0.25, 0.3) is 16.6 Å². The molecule has 0 radical (unpaired) electrons. The monoisotopic (exact) mass is 436 g/mol. The van der Waals surface area contributed by atoms with Gasteiger partial charge in [0.15, 0.2) is 0 Å². The van der Waals surface area contributed by atoms with Crippen molar-refractivity contribution >= 4 is 16.9 Å². The third-order valence-electron chi connectivity index (χ3n) is 4.71. The molecule has 5 heteroatoms. The van der Waals surface area contributed by atoms with Gasteiger partial charge in [-0.2, -0.15) is 0 Å².